The second-order valence-electron chi connectivity index (χ2n) is 4.02. The molecular weight excluding hydrogens is 305 g/mol. The summed E-state index contributed by atoms with van der Waals surface area (Å²) in [6.07, 6.45) is 0.568. The summed E-state index contributed by atoms with van der Waals surface area (Å²) in [6.45, 7) is 0.705. The quantitative estimate of drug-likeness (QED) is 0.802. The maximum atomic E-state index is 11.9. The molecule has 1 amide bonds. The molecule has 1 fully saturated rings. The van der Waals surface area contributed by atoms with E-state index in [1.165, 1.54) is 0 Å². The third kappa shape index (κ3) is 2.43. The number of methoxy groups -OCH3 is 1. The Balaban J connectivity index is 2.32. The van der Waals surface area contributed by atoms with Crippen molar-refractivity contribution >= 4 is 39.1 Å². The van der Waals surface area contributed by atoms with Gasteiger partial charge >= 0.3 is 0 Å². The van der Waals surface area contributed by atoms with Crippen LogP contribution in [-0.2, 0) is 4.79 Å². The molecule has 0 spiro atoms. The molecule has 17 heavy (non-hydrogen) atoms. The van der Waals surface area contributed by atoms with E-state index in [0.29, 0.717) is 29.7 Å². The van der Waals surface area contributed by atoms with Crippen molar-refractivity contribution in [2.45, 2.75) is 6.42 Å². The van der Waals surface area contributed by atoms with Crippen LogP contribution in [0.5, 0.6) is 5.75 Å². The van der Waals surface area contributed by atoms with E-state index in [1.54, 1.807) is 18.1 Å². The molecule has 92 valence electrons. The minimum Gasteiger partial charge on any atom is -0.495 e. The maximum absolute atomic E-state index is 11.9. The highest BCUT2D eigenvalue weighted by Gasteiger charge is 2.31. The van der Waals surface area contributed by atoms with E-state index in [0.717, 1.165) is 11.0 Å². The molecule has 1 aromatic rings. The molecule has 1 aliphatic heterocycles. The molecule has 1 saturated heterocycles. The molecule has 1 aromatic carbocycles. The first-order chi connectivity index (χ1) is 8.17. The monoisotopic (exact) mass is 317 g/mol. The lowest BCUT2D eigenvalue weighted by Gasteiger charge is -2.19. The Morgan fingerprint density at radius 2 is 2.35 bits per heavy atom. The molecule has 0 bridgehead atoms. The first-order valence-corrected chi connectivity index (χ1v) is 6.86. The fourth-order valence-electron chi connectivity index (χ4n) is 1.98. The molecule has 3 nitrogen and oxygen atoms in total. The van der Waals surface area contributed by atoms with Crippen LogP contribution in [0.1, 0.15) is 6.42 Å². The van der Waals surface area contributed by atoms with Crippen molar-refractivity contribution in [3.63, 3.8) is 0 Å². The van der Waals surface area contributed by atoms with Crippen LogP contribution in [0, 0.1) is 5.92 Å². The van der Waals surface area contributed by atoms with Gasteiger partial charge in [-0.2, -0.15) is 0 Å². The Kier molecular flexibility index (Phi) is 3.94. The number of halogens is 2. The largest absolute Gasteiger partial charge is 0.495 e. The van der Waals surface area contributed by atoms with Crippen LogP contribution in [0.4, 0.5) is 5.69 Å². The zero-order valence-corrected chi connectivity index (χ0v) is 11.8. The number of nitrogens with zero attached hydrogens (tertiary/aromatic N) is 1. The first kappa shape index (κ1) is 12.7. The van der Waals surface area contributed by atoms with Crippen LogP contribution in [0.3, 0.4) is 0 Å². The molecule has 0 aromatic heterocycles. The van der Waals surface area contributed by atoms with Crippen LogP contribution in [0.15, 0.2) is 18.2 Å². The van der Waals surface area contributed by atoms with Gasteiger partial charge in [0.15, 0.2) is 0 Å². The molecule has 5 heteroatoms. The lowest BCUT2D eigenvalue weighted by molar-refractivity contribution is -0.117. The predicted octanol–water partition coefficient (Wildman–Crippen LogP) is 3.10. The Bertz CT molecular complexity index is 439. The summed E-state index contributed by atoms with van der Waals surface area (Å²) in [6, 6.07) is 5.47. The predicted molar refractivity (Wildman–Crippen MR) is 72.3 cm³/mol. The SMILES string of the molecule is COc1cccc(N2CC(CBr)CC2=O)c1Cl. The van der Waals surface area contributed by atoms with Crippen LogP contribution < -0.4 is 9.64 Å². The highest BCUT2D eigenvalue weighted by Crippen LogP contribution is 2.37. The number of alkyl halides is 1. The van der Waals surface area contributed by atoms with Gasteiger partial charge in [-0.05, 0) is 18.1 Å². The minimum absolute atomic E-state index is 0.115. The third-order valence-corrected chi connectivity index (χ3v) is 4.17. The van der Waals surface area contributed by atoms with Crippen LogP contribution in [0.2, 0.25) is 5.02 Å². The molecule has 0 N–H and O–H groups in total. The Hall–Kier alpha value is -0.740. The molecule has 1 unspecified atom stereocenters. The number of benzene rings is 1. The van der Waals surface area contributed by atoms with Crippen LogP contribution in [-0.4, -0.2) is 24.9 Å². The average molecular weight is 319 g/mol. The number of ether oxygens (including phenoxy) is 1. The van der Waals surface area contributed by atoms with Crippen molar-refractivity contribution in [1.29, 1.82) is 0 Å². The molecular formula is C12H13BrClNO2. The molecule has 1 heterocycles. The zero-order chi connectivity index (χ0) is 12.4. The summed E-state index contributed by atoms with van der Waals surface area (Å²) in [4.78, 5) is 13.6. The lowest BCUT2D eigenvalue weighted by Crippen LogP contribution is -2.25. The summed E-state index contributed by atoms with van der Waals surface area (Å²) in [5.41, 5.74) is 0.736. The number of rotatable bonds is 3. The van der Waals surface area contributed by atoms with Crippen molar-refractivity contribution in [1.82, 2.24) is 0 Å². The molecule has 0 radical (unpaired) electrons. The van der Waals surface area contributed by atoms with Crippen molar-refractivity contribution in [2.24, 2.45) is 5.92 Å². The van der Waals surface area contributed by atoms with Gasteiger partial charge in [0.1, 0.15) is 10.8 Å². The molecule has 1 aliphatic rings. The standard InChI is InChI=1S/C12H13BrClNO2/c1-17-10-4-2-3-9(12(10)14)15-7-8(6-13)5-11(15)16/h2-4,8H,5-7H2,1H3. The summed E-state index contributed by atoms with van der Waals surface area (Å²) in [5.74, 6) is 1.06. The van der Waals surface area contributed by atoms with Crippen LogP contribution >= 0.6 is 27.5 Å². The van der Waals surface area contributed by atoms with Crippen LogP contribution in [0.25, 0.3) is 0 Å². The number of carbonyl (C=O) groups is 1. The molecule has 2 rings (SSSR count). The van der Waals surface area contributed by atoms with E-state index in [-0.39, 0.29) is 5.91 Å². The number of hydrogen-bond acceptors (Lipinski definition) is 2. The Labute approximate surface area is 114 Å². The molecule has 0 saturated carbocycles. The highest BCUT2D eigenvalue weighted by molar-refractivity contribution is 9.09. The maximum Gasteiger partial charge on any atom is 0.227 e. The van der Waals surface area contributed by atoms with Gasteiger partial charge < -0.3 is 9.64 Å². The van der Waals surface area contributed by atoms with E-state index in [1.807, 2.05) is 12.1 Å². The highest BCUT2D eigenvalue weighted by atomic mass is 79.9. The lowest BCUT2D eigenvalue weighted by atomic mass is 10.2. The minimum atomic E-state index is 0.115. The van der Waals surface area contributed by atoms with Gasteiger partial charge in [0.25, 0.3) is 0 Å². The van der Waals surface area contributed by atoms with E-state index in [2.05, 4.69) is 15.9 Å². The van der Waals surface area contributed by atoms with Crippen molar-refractivity contribution in [3.8, 4) is 5.75 Å². The Morgan fingerprint density at radius 3 is 2.94 bits per heavy atom. The molecule has 1 atom stereocenters. The fraction of sp³-hybridized carbons (Fsp3) is 0.417. The van der Waals surface area contributed by atoms with E-state index >= 15 is 0 Å². The summed E-state index contributed by atoms with van der Waals surface area (Å²) < 4.78 is 5.15. The van der Waals surface area contributed by atoms with Crippen molar-refractivity contribution < 1.29 is 9.53 Å². The van der Waals surface area contributed by atoms with Gasteiger partial charge in [-0.25, -0.2) is 0 Å². The third-order valence-electron chi connectivity index (χ3n) is 2.88. The number of hydrogen-bond donors (Lipinski definition) is 0. The zero-order valence-electron chi connectivity index (χ0n) is 9.45. The van der Waals surface area contributed by atoms with Gasteiger partial charge in [-0.3, -0.25) is 4.79 Å². The van der Waals surface area contributed by atoms with E-state index in [9.17, 15) is 4.79 Å². The van der Waals surface area contributed by atoms with E-state index < -0.39 is 0 Å². The van der Waals surface area contributed by atoms with Crippen molar-refractivity contribution in [3.05, 3.63) is 23.2 Å². The average Bonchev–Trinajstić information content (AvgIpc) is 2.71. The second-order valence-corrected chi connectivity index (χ2v) is 5.05. The van der Waals surface area contributed by atoms with Crippen molar-refractivity contribution in [2.75, 3.05) is 23.9 Å². The normalized spacial score (nSPS) is 19.8. The van der Waals surface area contributed by atoms with Gasteiger partial charge in [0, 0.05) is 18.3 Å². The summed E-state index contributed by atoms with van der Waals surface area (Å²) in [5, 5.41) is 1.33. The van der Waals surface area contributed by atoms with Gasteiger partial charge in [-0.15, -0.1) is 0 Å². The number of carbonyl (C=O) groups excluding carboxylic acids is 1. The summed E-state index contributed by atoms with van der Waals surface area (Å²) >= 11 is 9.63. The first-order valence-electron chi connectivity index (χ1n) is 5.36. The summed E-state index contributed by atoms with van der Waals surface area (Å²) in [7, 11) is 1.57. The van der Waals surface area contributed by atoms with Gasteiger partial charge in [0.2, 0.25) is 5.91 Å². The molecule has 0 aliphatic carbocycles. The Morgan fingerprint density at radius 1 is 1.59 bits per heavy atom. The number of anilines is 1. The van der Waals surface area contributed by atoms with E-state index in [4.69, 9.17) is 16.3 Å². The smallest absolute Gasteiger partial charge is 0.227 e. The van der Waals surface area contributed by atoms with Gasteiger partial charge in [0.05, 0.1) is 12.8 Å². The van der Waals surface area contributed by atoms with Gasteiger partial charge in [-0.1, -0.05) is 33.6 Å². The topological polar surface area (TPSA) is 29.5 Å². The number of amides is 1. The fourth-order valence-corrected chi connectivity index (χ4v) is 2.72. The second kappa shape index (κ2) is 5.27.